The number of hydrogen-bond acceptors (Lipinski definition) is 3. The van der Waals surface area contributed by atoms with Crippen molar-refractivity contribution in [2.45, 2.75) is 19.9 Å². The van der Waals surface area contributed by atoms with Crippen molar-refractivity contribution in [1.29, 1.82) is 0 Å². The van der Waals surface area contributed by atoms with E-state index in [0.717, 1.165) is 6.07 Å². The second-order valence-electron chi connectivity index (χ2n) is 4.06. The van der Waals surface area contributed by atoms with Crippen LogP contribution in [0.5, 0.6) is 0 Å². The number of benzene rings is 1. The molecule has 1 atom stereocenters. The van der Waals surface area contributed by atoms with E-state index in [1.54, 1.807) is 14.0 Å². The molecule has 18 heavy (non-hydrogen) atoms. The molecule has 2 aromatic rings. The van der Waals surface area contributed by atoms with Crippen LogP contribution in [0.3, 0.4) is 0 Å². The highest BCUT2D eigenvalue weighted by molar-refractivity contribution is 5.35. The first-order valence-corrected chi connectivity index (χ1v) is 5.60. The summed E-state index contributed by atoms with van der Waals surface area (Å²) < 4.78 is 28.2. The highest BCUT2D eigenvalue weighted by Crippen LogP contribution is 2.20. The molecule has 1 N–H and O–H groups in total. The van der Waals surface area contributed by atoms with Gasteiger partial charge in [-0.2, -0.15) is 0 Å². The van der Waals surface area contributed by atoms with Gasteiger partial charge in [0.1, 0.15) is 11.4 Å². The number of nitrogens with one attached hydrogen (secondary N) is 1. The zero-order valence-corrected chi connectivity index (χ0v) is 10.4. The molecule has 0 fully saturated rings. The molecule has 1 heterocycles. The highest BCUT2D eigenvalue weighted by atomic mass is 19.2. The Morgan fingerprint density at radius 1 is 1.33 bits per heavy atom. The van der Waals surface area contributed by atoms with Crippen LogP contribution in [0.2, 0.25) is 0 Å². The smallest absolute Gasteiger partial charge is 0.184 e. The van der Waals surface area contributed by atoms with E-state index < -0.39 is 11.6 Å². The van der Waals surface area contributed by atoms with E-state index >= 15 is 0 Å². The van der Waals surface area contributed by atoms with Crippen LogP contribution < -0.4 is 5.32 Å². The summed E-state index contributed by atoms with van der Waals surface area (Å²) in [5.74, 6) is -1.82. The number of nitrogens with zero attached hydrogens (tertiary/aromatic N) is 3. The van der Waals surface area contributed by atoms with Crippen LogP contribution in [0.25, 0.3) is 5.69 Å². The fourth-order valence-corrected chi connectivity index (χ4v) is 1.76. The topological polar surface area (TPSA) is 42.7 Å². The van der Waals surface area contributed by atoms with Gasteiger partial charge < -0.3 is 5.32 Å². The maximum atomic E-state index is 13.7. The SMILES string of the molecule is CNC(C)c1nnn(-c2cccc(F)c2F)c1C. The average Bonchev–Trinajstić information content (AvgIpc) is 2.74. The molecule has 0 spiro atoms. The van der Waals surface area contributed by atoms with Gasteiger partial charge in [0.05, 0.1) is 11.7 Å². The Labute approximate surface area is 104 Å². The van der Waals surface area contributed by atoms with Gasteiger partial charge in [0, 0.05) is 0 Å². The molecule has 0 aliphatic heterocycles. The fourth-order valence-electron chi connectivity index (χ4n) is 1.76. The Hall–Kier alpha value is -1.82. The predicted octanol–water partition coefficient (Wildman–Crippen LogP) is 2.13. The lowest BCUT2D eigenvalue weighted by molar-refractivity contribution is 0.499. The van der Waals surface area contributed by atoms with Crippen molar-refractivity contribution >= 4 is 0 Å². The summed E-state index contributed by atoms with van der Waals surface area (Å²) in [7, 11) is 1.80. The maximum Gasteiger partial charge on any atom is 0.184 e. The number of aromatic nitrogens is 3. The zero-order chi connectivity index (χ0) is 13.3. The van der Waals surface area contributed by atoms with E-state index in [1.807, 2.05) is 6.92 Å². The summed E-state index contributed by atoms with van der Waals surface area (Å²) in [5, 5.41) is 10.9. The zero-order valence-electron chi connectivity index (χ0n) is 10.4. The van der Waals surface area contributed by atoms with E-state index in [2.05, 4.69) is 15.6 Å². The lowest BCUT2D eigenvalue weighted by atomic mass is 10.2. The van der Waals surface area contributed by atoms with Gasteiger partial charge in [-0.25, -0.2) is 13.5 Å². The third-order valence-electron chi connectivity index (χ3n) is 2.93. The monoisotopic (exact) mass is 252 g/mol. The maximum absolute atomic E-state index is 13.7. The molecule has 0 aliphatic rings. The molecule has 0 amide bonds. The Morgan fingerprint density at radius 3 is 2.72 bits per heavy atom. The average molecular weight is 252 g/mol. The first-order chi connectivity index (χ1) is 8.56. The van der Waals surface area contributed by atoms with Gasteiger partial charge in [0.15, 0.2) is 11.6 Å². The van der Waals surface area contributed by atoms with Crippen LogP contribution in [0.1, 0.15) is 24.4 Å². The summed E-state index contributed by atoms with van der Waals surface area (Å²) >= 11 is 0. The molecule has 0 aliphatic carbocycles. The van der Waals surface area contributed by atoms with Gasteiger partial charge in [-0.15, -0.1) is 5.10 Å². The standard InChI is InChI=1S/C12H14F2N4/c1-7(15-3)12-8(2)18(17-16-12)10-6-4-5-9(13)11(10)14/h4-7,15H,1-3H3. The Balaban J connectivity index is 2.52. The molecule has 0 saturated carbocycles. The molecule has 0 bridgehead atoms. The number of halogens is 2. The van der Waals surface area contributed by atoms with Gasteiger partial charge in [0.2, 0.25) is 0 Å². The molecule has 96 valence electrons. The molecule has 4 nitrogen and oxygen atoms in total. The van der Waals surface area contributed by atoms with Crippen molar-refractivity contribution in [3.8, 4) is 5.69 Å². The second-order valence-corrected chi connectivity index (χ2v) is 4.06. The van der Waals surface area contributed by atoms with Crippen molar-refractivity contribution in [3.05, 3.63) is 41.2 Å². The summed E-state index contributed by atoms with van der Waals surface area (Å²) in [6, 6.07) is 3.97. The van der Waals surface area contributed by atoms with Gasteiger partial charge >= 0.3 is 0 Å². The van der Waals surface area contributed by atoms with Crippen LogP contribution in [-0.4, -0.2) is 22.0 Å². The van der Waals surface area contributed by atoms with Crippen LogP contribution >= 0.6 is 0 Å². The minimum absolute atomic E-state index is 0.00429. The molecule has 1 unspecified atom stereocenters. The van der Waals surface area contributed by atoms with Crippen LogP contribution in [-0.2, 0) is 0 Å². The largest absolute Gasteiger partial charge is 0.312 e. The van der Waals surface area contributed by atoms with Gasteiger partial charge in [-0.3, -0.25) is 0 Å². The third kappa shape index (κ3) is 1.99. The van der Waals surface area contributed by atoms with E-state index in [9.17, 15) is 8.78 Å². The molecule has 6 heteroatoms. The predicted molar refractivity (Wildman–Crippen MR) is 63.5 cm³/mol. The molecular formula is C12H14F2N4. The van der Waals surface area contributed by atoms with Crippen molar-refractivity contribution in [1.82, 2.24) is 20.3 Å². The Morgan fingerprint density at radius 2 is 2.06 bits per heavy atom. The normalized spacial score (nSPS) is 12.7. The van der Waals surface area contributed by atoms with Gasteiger partial charge in [-0.05, 0) is 33.0 Å². The molecule has 0 radical (unpaired) electrons. The van der Waals surface area contributed by atoms with E-state index in [4.69, 9.17) is 0 Å². The first kappa shape index (κ1) is 12.6. The minimum Gasteiger partial charge on any atom is -0.312 e. The van der Waals surface area contributed by atoms with Crippen molar-refractivity contribution < 1.29 is 8.78 Å². The van der Waals surface area contributed by atoms with E-state index in [1.165, 1.54) is 16.8 Å². The first-order valence-electron chi connectivity index (χ1n) is 5.60. The molecule has 1 aromatic heterocycles. The third-order valence-corrected chi connectivity index (χ3v) is 2.93. The van der Waals surface area contributed by atoms with Crippen molar-refractivity contribution in [2.75, 3.05) is 7.05 Å². The number of hydrogen-bond donors (Lipinski definition) is 1. The fraction of sp³-hybridized carbons (Fsp3) is 0.333. The Bertz CT molecular complexity index is 565. The summed E-state index contributed by atoms with van der Waals surface area (Å²) in [5.41, 5.74) is 1.46. The van der Waals surface area contributed by atoms with E-state index in [0.29, 0.717) is 11.4 Å². The molecule has 0 saturated heterocycles. The van der Waals surface area contributed by atoms with Crippen molar-refractivity contribution in [3.63, 3.8) is 0 Å². The lowest BCUT2D eigenvalue weighted by Gasteiger charge is -2.09. The lowest BCUT2D eigenvalue weighted by Crippen LogP contribution is -2.14. The van der Waals surface area contributed by atoms with Crippen molar-refractivity contribution in [2.24, 2.45) is 0 Å². The van der Waals surface area contributed by atoms with Crippen LogP contribution in [0.4, 0.5) is 8.78 Å². The minimum atomic E-state index is -0.922. The second kappa shape index (κ2) is 4.81. The van der Waals surface area contributed by atoms with Crippen LogP contribution in [0.15, 0.2) is 18.2 Å². The summed E-state index contributed by atoms with van der Waals surface area (Å²) in [6.07, 6.45) is 0. The van der Waals surface area contributed by atoms with Gasteiger partial charge in [0.25, 0.3) is 0 Å². The molecule has 2 rings (SSSR count). The van der Waals surface area contributed by atoms with Crippen LogP contribution in [0, 0.1) is 18.6 Å². The van der Waals surface area contributed by atoms with E-state index in [-0.39, 0.29) is 11.7 Å². The molecule has 1 aromatic carbocycles. The summed E-state index contributed by atoms with van der Waals surface area (Å²) in [6.45, 7) is 3.69. The quantitative estimate of drug-likeness (QED) is 0.910. The Kier molecular flexibility index (Phi) is 3.38. The van der Waals surface area contributed by atoms with Gasteiger partial charge in [-0.1, -0.05) is 11.3 Å². The molecular weight excluding hydrogens is 238 g/mol. The number of rotatable bonds is 3. The highest BCUT2D eigenvalue weighted by Gasteiger charge is 2.18. The summed E-state index contributed by atoms with van der Waals surface area (Å²) in [4.78, 5) is 0.